The molecule has 0 aromatic carbocycles. The lowest BCUT2D eigenvalue weighted by Gasteiger charge is -2.18. The lowest BCUT2D eigenvalue weighted by Crippen LogP contribution is -2.30. The van der Waals surface area contributed by atoms with Crippen LogP contribution in [0.2, 0.25) is 0 Å². The first-order valence-corrected chi connectivity index (χ1v) is 29.2. The average Bonchev–Trinajstić information content (AvgIpc) is 3.30. The zero-order valence-electron chi connectivity index (χ0n) is 44.0. The molecular weight excluding hydrogens is 805 g/mol. The molecule has 0 radical (unpaired) electrons. The van der Waals surface area contributed by atoms with E-state index in [0.717, 1.165) is 64.2 Å². The number of carbonyl (C=O) groups excluding carboxylic acids is 3. The van der Waals surface area contributed by atoms with Crippen molar-refractivity contribution in [3.63, 3.8) is 0 Å². The highest BCUT2D eigenvalue weighted by Crippen LogP contribution is 2.17. The van der Waals surface area contributed by atoms with Gasteiger partial charge in [-0.1, -0.05) is 277 Å². The van der Waals surface area contributed by atoms with Gasteiger partial charge in [-0.2, -0.15) is 0 Å². The van der Waals surface area contributed by atoms with Crippen molar-refractivity contribution < 1.29 is 28.6 Å². The number of esters is 3. The standard InChI is InChI=1S/C59H112O6/c1-4-7-10-13-16-19-21-23-25-26-27-28-29-30-31-32-33-34-35-37-38-40-43-46-49-52-58(61)64-55-56(54-63-57(60)51-48-45-42-18-15-12-9-6-3)65-59(62)53-50-47-44-41-39-36-24-22-20-17-14-11-8-5-2/h22,24,56H,4-21,23,25-55H2,1-3H3/b24-22-. The molecule has 0 saturated heterocycles. The Morgan fingerprint density at radius 2 is 0.508 bits per heavy atom. The van der Waals surface area contributed by atoms with Crippen molar-refractivity contribution in [2.75, 3.05) is 13.2 Å². The second kappa shape index (κ2) is 54.8. The van der Waals surface area contributed by atoms with Gasteiger partial charge in [-0.15, -0.1) is 0 Å². The number of ether oxygens (including phenoxy) is 3. The Morgan fingerprint density at radius 3 is 0.769 bits per heavy atom. The van der Waals surface area contributed by atoms with Gasteiger partial charge in [-0.3, -0.25) is 14.4 Å². The van der Waals surface area contributed by atoms with E-state index in [4.69, 9.17) is 14.2 Å². The summed E-state index contributed by atoms with van der Waals surface area (Å²) in [5, 5.41) is 0. The van der Waals surface area contributed by atoms with Gasteiger partial charge in [-0.05, 0) is 44.9 Å². The summed E-state index contributed by atoms with van der Waals surface area (Å²) in [6, 6.07) is 0. The number of hydrogen-bond donors (Lipinski definition) is 0. The maximum Gasteiger partial charge on any atom is 0.306 e. The molecule has 0 fully saturated rings. The Kier molecular flexibility index (Phi) is 53.2. The van der Waals surface area contributed by atoms with Gasteiger partial charge in [0.1, 0.15) is 13.2 Å². The predicted molar refractivity (Wildman–Crippen MR) is 280 cm³/mol. The van der Waals surface area contributed by atoms with E-state index in [1.165, 1.54) is 225 Å². The Labute approximate surface area is 405 Å². The molecule has 384 valence electrons. The minimum absolute atomic E-state index is 0.0681. The smallest absolute Gasteiger partial charge is 0.306 e. The molecule has 0 saturated carbocycles. The van der Waals surface area contributed by atoms with Crippen molar-refractivity contribution in [3.05, 3.63) is 12.2 Å². The highest BCUT2D eigenvalue weighted by atomic mass is 16.6. The summed E-state index contributed by atoms with van der Waals surface area (Å²) >= 11 is 0. The van der Waals surface area contributed by atoms with Crippen LogP contribution in [0.15, 0.2) is 12.2 Å². The van der Waals surface area contributed by atoms with E-state index in [2.05, 4.69) is 32.9 Å². The van der Waals surface area contributed by atoms with Crippen molar-refractivity contribution in [1.29, 1.82) is 0 Å². The fraction of sp³-hybridized carbons (Fsp3) is 0.915. The van der Waals surface area contributed by atoms with Crippen molar-refractivity contribution in [1.82, 2.24) is 0 Å². The number of allylic oxidation sites excluding steroid dienone is 2. The van der Waals surface area contributed by atoms with Crippen LogP contribution in [0.3, 0.4) is 0 Å². The van der Waals surface area contributed by atoms with E-state index in [0.29, 0.717) is 19.3 Å². The predicted octanol–water partition coefficient (Wildman–Crippen LogP) is 19.3. The molecule has 0 heterocycles. The summed E-state index contributed by atoms with van der Waals surface area (Å²) in [5.41, 5.74) is 0. The van der Waals surface area contributed by atoms with Gasteiger partial charge in [-0.25, -0.2) is 0 Å². The molecule has 1 unspecified atom stereocenters. The molecule has 0 aromatic heterocycles. The first kappa shape index (κ1) is 63.1. The number of hydrogen-bond acceptors (Lipinski definition) is 6. The highest BCUT2D eigenvalue weighted by molar-refractivity contribution is 5.71. The SMILES string of the molecule is CCCCCCC/C=C\CCCCCCCC(=O)OC(COC(=O)CCCCCCCCCC)COC(=O)CCCCCCCCCCCCCCCCCCCCCCCCCCC. The molecule has 0 aliphatic carbocycles. The molecule has 0 bridgehead atoms. The van der Waals surface area contributed by atoms with Crippen molar-refractivity contribution in [2.24, 2.45) is 0 Å². The molecule has 0 amide bonds. The van der Waals surface area contributed by atoms with Gasteiger partial charge in [0.05, 0.1) is 0 Å². The van der Waals surface area contributed by atoms with Crippen molar-refractivity contribution in [3.8, 4) is 0 Å². The summed E-state index contributed by atoms with van der Waals surface area (Å²) in [6.45, 7) is 6.64. The van der Waals surface area contributed by atoms with Crippen LogP contribution in [0.1, 0.15) is 329 Å². The van der Waals surface area contributed by atoms with Crippen LogP contribution in [0.4, 0.5) is 0 Å². The molecule has 0 aromatic rings. The summed E-state index contributed by atoms with van der Waals surface area (Å²) in [4.78, 5) is 37.9. The van der Waals surface area contributed by atoms with E-state index in [1.807, 2.05) is 0 Å². The number of unbranched alkanes of at least 4 members (excludes halogenated alkanes) is 41. The molecular formula is C59H112O6. The van der Waals surface area contributed by atoms with E-state index < -0.39 is 6.10 Å². The molecule has 6 heteroatoms. The van der Waals surface area contributed by atoms with Crippen molar-refractivity contribution in [2.45, 2.75) is 335 Å². The zero-order chi connectivity index (χ0) is 47.2. The normalized spacial score (nSPS) is 12.0. The Bertz CT molecular complexity index is 1010. The molecule has 0 N–H and O–H groups in total. The van der Waals surface area contributed by atoms with Crippen LogP contribution in [-0.2, 0) is 28.6 Å². The van der Waals surface area contributed by atoms with E-state index >= 15 is 0 Å². The largest absolute Gasteiger partial charge is 0.462 e. The first-order chi connectivity index (χ1) is 32.0. The summed E-state index contributed by atoms with van der Waals surface area (Å²) < 4.78 is 16.8. The summed E-state index contributed by atoms with van der Waals surface area (Å²) in [6.07, 6.45) is 62.3. The molecule has 0 aliphatic heterocycles. The van der Waals surface area contributed by atoms with E-state index in [9.17, 15) is 14.4 Å². The quantitative estimate of drug-likeness (QED) is 0.0262. The number of carbonyl (C=O) groups is 3. The first-order valence-electron chi connectivity index (χ1n) is 29.2. The topological polar surface area (TPSA) is 78.9 Å². The van der Waals surface area contributed by atoms with Crippen LogP contribution >= 0.6 is 0 Å². The van der Waals surface area contributed by atoms with E-state index in [-0.39, 0.29) is 31.1 Å². The molecule has 0 aliphatic rings. The van der Waals surface area contributed by atoms with Gasteiger partial charge in [0, 0.05) is 19.3 Å². The highest BCUT2D eigenvalue weighted by Gasteiger charge is 2.19. The minimum Gasteiger partial charge on any atom is -0.462 e. The molecule has 0 spiro atoms. The van der Waals surface area contributed by atoms with E-state index in [1.54, 1.807) is 0 Å². The second-order valence-corrected chi connectivity index (χ2v) is 19.9. The average molecular weight is 918 g/mol. The fourth-order valence-corrected chi connectivity index (χ4v) is 8.85. The third kappa shape index (κ3) is 53.0. The zero-order valence-corrected chi connectivity index (χ0v) is 44.0. The minimum atomic E-state index is -0.767. The third-order valence-corrected chi connectivity index (χ3v) is 13.3. The van der Waals surface area contributed by atoms with Crippen LogP contribution in [0.25, 0.3) is 0 Å². The lowest BCUT2D eigenvalue weighted by molar-refractivity contribution is -0.167. The van der Waals surface area contributed by atoms with Gasteiger partial charge in [0.15, 0.2) is 6.10 Å². The van der Waals surface area contributed by atoms with Gasteiger partial charge >= 0.3 is 17.9 Å². The fourth-order valence-electron chi connectivity index (χ4n) is 8.85. The van der Waals surface area contributed by atoms with Crippen molar-refractivity contribution >= 4 is 17.9 Å². The maximum atomic E-state index is 12.8. The molecule has 6 nitrogen and oxygen atoms in total. The van der Waals surface area contributed by atoms with Gasteiger partial charge < -0.3 is 14.2 Å². The molecule has 0 rings (SSSR count). The number of rotatable bonds is 54. The maximum absolute atomic E-state index is 12.8. The summed E-state index contributed by atoms with van der Waals surface area (Å²) in [5.74, 6) is -0.861. The Balaban J connectivity index is 4.09. The summed E-state index contributed by atoms with van der Waals surface area (Å²) in [7, 11) is 0. The van der Waals surface area contributed by atoms with Gasteiger partial charge in [0.25, 0.3) is 0 Å². The van der Waals surface area contributed by atoms with Crippen LogP contribution in [0.5, 0.6) is 0 Å². The molecule has 1 atom stereocenters. The molecule has 65 heavy (non-hydrogen) atoms. The Hall–Kier alpha value is -1.85. The van der Waals surface area contributed by atoms with Crippen LogP contribution in [-0.4, -0.2) is 37.2 Å². The lowest BCUT2D eigenvalue weighted by atomic mass is 10.0. The van der Waals surface area contributed by atoms with Crippen LogP contribution in [0, 0.1) is 0 Å². The van der Waals surface area contributed by atoms with Gasteiger partial charge in [0.2, 0.25) is 0 Å². The monoisotopic (exact) mass is 917 g/mol. The third-order valence-electron chi connectivity index (χ3n) is 13.3. The Morgan fingerprint density at radius 1 is 0.292 bits per heavy atom. The second-order valence-electron chi connectivity index (χ2n) is 19.9. The van der Waals surface area contributed by atoms with Crippen LogP contribution < -0.4 is 0 Å².